The second-order valence-corrected chi connectivity index (χ2v) is 5.53. The van der Waals surface area contributed by atoms with E-state index in [2.05, 4.69) is 34.8 Å². The van der Waals surface area contributed by atoms with Crippen LogP contribution in [0.15, 0.2) is 27.8 Å². The first-order chi connectivity index (χ1) is 11.2. The van der Waals surface area contributed by atoms with E-state index in [4.69, 9.17) is 4.42 Å². The molecule has 24 heavy (non-hydrogen) atoms. The van der Waals surface area contributed by atoms with Gasteiger partial charge in [-0.3, -0.25) is 9.79 Å². The third-order valence-corrected chi connectivity index (χ3v) is 3.77. The van der Waals surface area contributed by atoms with E-state index in [-0.39, 0.29) is 29.9 Å². The fourth-order valence-corrected chi connectivity index (χ4v) is 2.26. The normalized spacial score (nSPS) is 12.2. The van der Waals surface area contributed by atoms with Gasteiger partial charge in [0.15, 0.2) is 11.7 Å². The van der Waals surface area contributed by atoms with E-state index >= 15 is 0 Å². The summed E-state index contributed by atoms with van der Waals surface area (Å²) in [4.78, 5) is 15.9. The van der Waals surface area contributed by atoms with Crippen LogP contribution in [0.1, 0.15) is 50.1 Å². The van der Waals surface area contributed by atoms with Crippen LogP contribution in [0.4, 0.5) is 0 Å². The first-order valence-corrected chi connectivity index (χ1v) is 8.47. The molecule has 1 amide bonds. The average molecular weight is 450 g/mol. The molecule has 1 heterocycles. The Morgan fingerprint density at radius 2 is 2.00 bits per heavy atom. The molecular formula is C17H31IN4O2. The predicted molar refractivity (Wildman–Crippen MR) is 109 cm³/mol. The molecule has 138 valence electrons. The number of rotatable bonds is 10. The standard InChI is InChI=1S/C17H30N4O2.HI/c1-4-6-8-14(5-2)13-21-17(18-3)20-11-10-19-16(22)15-9-7-12-23-15;/h7,9,12,14H,4-6,8,10-11,13H2,1-3H3,(H,19,22)(H2,18,20,21);1H. The Labute approximate surface area is 162 Å². The molecule has 0 saturated heterocycles. The highest BCUT2D eigenvalue weighted by atomic mass is 127. The number of unbranched alkanes of at least 4 members (excludes halogenated alkanes) is 1. The summed E-state index contributed by atoms with van der Waals surface area (Å²) in [5, 5.41) is 9.34. The monoisotopic (exact) mass is 450 g/mol. The second kappa shape index (κ2) is 14.1. The third kappa shape index (κ3) is 9.14. The Bertz CT molecular complexity index is 463. The van der Waals surface area contributed by atoms with Crippen molar-refractivity contribution in [3.8, 4) is 0 Å². The van der Waals surface area contributed by atoms with Crippen LogP contribution in [0.25, 0.3) is 0 Å². The van der Waals surface area contributed by atoms with Gasteiger partial charge in [-0.15, -0.1) is 24.0 Å². The lowest BCUT2D eigenvalue weighted by molar-refractivity contribution is 0.0926. The zero-order valence-electron chi connectivity index (χ0n) is 14.9. The molecule has 0 saturated carbocycles. The van der Waals surface area contributed by atoms with Crippen molar-refractivity contribution in [3.63, 3.8) is 0 Å². The number of hydrogen-bond acceptors (Lipinski definition) is 3. The van der Waals surface area contributed by atoms with Gasteiger partial charge in [-0.2, -0.15) is 0 Å². The van der Waals surface area contributed by atoms with Crippen molar-refractivity contribution in [1.82, 2.24) is 16.0 Å². The van der Waals surface area contributed by atoms with Gasteiger partial charge in [0.25, 0.3) is 5.91 Å². The van der Waals surface area contributed by atoms with Crippen molar-refractivity contribution in [3.05, 3.63) is 24.2 Å². The predicted octanol–water partition coefficient (Wildman–Crippen LogP) is 3.01. The number of nitrogens with zero attached hydrogens (tertiary/aromatic N) is 1. The minimum atomic E-state index is -0.203. The summed E-state index contributed by atoms with van der Waals surface area (Å²) in [5.41, 5.74) is 0. The molecule has 3 N–H and O–H groups in total. The van der Waals surface area contributed by atoms with E-state index in [1.165, 1.54) is 31.9 Å². The van der Waals surface area contributed by atoms with Crippen molar-refractivity contribution >= 4 is 35.8 Å². The second-order valence-electron chi connectivity index (χ2n) is 5.53. The molecule has 6 nitrogen and oxygen atoms in total. The molecule has 0 aliphatic rings. The summed E-state index contributed by atoms with van der Waals surface area (Å²) in [5.74, 6) is 1.57. The first kappa shape index (κ1) is 22.8. The molecule has 0 radical (unpaired) electrons. The van der Waals surface area contributed by atoms with Gasteiger partial charge in [-0.25, -0.2) is 0 Å². The van der Waals surface area contributed by atoms with Crippen LogP contribution >= 0.6 is 24.0 Å². The van der Waals surface area contributed by atoms with E-state index in [0.717, 1.165) is 12.5 Å². The lowest BCUT2D eigenvalue weighted by Gasteiger charge is -2.18. The topological polar surface area (TPSA) is 78.7 Å². The Balaban J connectivity index is 0.00000529. The maximum absolute atomic E-state index is 11.7. The van der Waals surface area contributed by atoms with E-state index in [0.29, 0.717) is 24.8 Å². The van der Waals surface area contributed by atoms with Crippen LogP contribution < -0.4 is 16.0 Å². The molecule has 1 aromatic rings. The minimum absolute atomic E-state index is 0. The van der Waals surface area contributed by atoms with Crippen molar-refractivity contribution in [1.29, 1.82) is 0 Å². The van der Waals surface area contributed by atoms with Gasteiger partial charge in [-0.05, 0) is 24.5 Å². The Morgan fingerprint density at radius 1 is 1.25 bits per heavy atom. The minimum Gasteiger partial charge on any atom is -0.459 e. The average Bonchev–Trinajstić information content (AvgIpc) is 3.11. The van der Waals surface area contributed by atoms with Crippen LogP contribution in [-0.4, -0.2) is 38.5 Å². The largest absolute Gasteiger partial charge is 0.459 e. The maximum atomic E-state index is 11.7. The van der Waals surface area contributed by atoms with Crippen LogP contribution in [0.2, 0.25) is 0 Å². The van der Waals surface area contributed by atoms with Gasteiger partial charge in [0, 0.05) is 26.7 Å². The highest BCUT2D eigenvalue weighted by Gasteiger charge is 2.08. The van der Waals surface area contributed by atoms with Crippen molar-refractivity contribution < 1.29 is 9.21 Å². The van der Waals surface area contributed by atoms with Crippen LogP contribution in [-0.2, 0) is 0 Å². The first-order valence-electron chi connectivity index (χ1n) is 8.47. The molecule has 0 fully saturated rings. The SMILES string of the molecule is CCCCC(CC)CNC(=NC)NCCNC(=O)c1ccco1.I. The molecular weight excluding hydrogens is 419 g/mol. The number of carbonyl (C=O) groups excluding carboxylic acids is 1. The van der Waals surface area contributed by atoms with Crippen LogP contribution in [0.5, 0.6) is 0 Å². The molecule has 1 aromatic heterocycles. The summed E-state index contributed by atoms with van der Waals surface area (Å²) in [6.45, 7) is 6.49. The summed E-state index contributed by atoms with van der Waals surface area (Å²) in [7, 11) is 1.75. The Kier molecular flexibility index (Phi) is 13.4. The van der Waals surface area contributed by atoms with Gasteiger partial charge in [0.05, 0.1) is 6.26 Å². The van der Waals surface area contributed by atoms with Crippen LogP contribution in [0, 0.1) is 5.92 Å². The number of carbonyl (C=O) groups is 1. The summed E-state index contributed by atoms with van der Waals surface area (Å²) >= 11 is 0. The molecule has 0 aliphatic heterocycles. The number of guanidine groups is 1. The lowest BCUT2D eigenvalue weighted by atomic mass is 9.99. The highest BCUT2D eigenvalue weighted by Crippen LogP contribution is 2.10. The zero-order chi connectivity index (χ0) is 16.9. The molecule has 0 aromatic carbocycles. The van der Waals surface area contributed by atoms with E-state index in [9.17, 15) is 4.79 Å². The van der Waals surface area contributed by atoms with Crippen molar-refractivity contribution in [2.24, 2.45) is 10.9 Å². The summed E-state index contributed by atoms with van der Waals surface area (Å²) in [6, 6.07) is 3.34. The van der Waals surface area contributed by atoms with Gasteiger partial charge >= 0.3 is 0 Å². The molecule has 7 heteroatoms. The lowest BCUT2D eigenvalue weighted by Crippen LogP contribution is -2.43. The molecule has 1 atom stereocenters. The maximum Gasteiger partial charge on any atom is 0.287 e. The smallest absolute Gasteiger partial charge is 0.287 e. The van der Waals surface area contributed by atoms with E-state index in [1.54, 1.807) is 19.2 Å². The molecule has 0 bridgehead atoms. The molecule has 0 spiro atoms. The summed E-state index contributed by atoms with van der Waals surface area (Å²) < 4.78 is 5.04. The van der Waals surface area contributed by atoms with Crippen molar-refractivity contribution in [2.75, 3.05) is 26.7 Å². The van der Waals surface area contributed by atoms with Crippen LogP contribution in [0.3, 0.4) is 0 Å². The van der Waals surface area contributed by atoms with Gasteiger partial charge in [0.2, 0.25) is 0 Å². The third-order valence-electron chi connectivity index (χ3n) is 3.77. The van der Waals surface area contributed by atoms with Gasteiger partial charge in [0.1, 0.15) is 0 Å². The fourth-order valence-electron chi connectivity index (χ4n) is 2.26. The number of furan rings is 1. The highest BCUT2D eigenvalue weighted by molar-refractivity contribution is 14.0. The quantitative estimate of drug-likeness (QED) is 0.222. The Morgan fingerprint density at radius 3 is 2.58 bits per heavy atom. The fraction of sp³-hybridized carbons (Fsp3) is 0.647. The molecule has 0 aliphatic carbocycles. The van der Waals surface area contributed by atoms with Gasteiger partial charge < -0.3 is 20.4 Å². The number of halogens is 1. The number of hydrogen-bond donors (Lipinski definition) is 3. The number of aliphatic imine (C=N–C) groups is 1. The summed E-state index contributed by atoms with van der Waals surface area (Å²) in [6.07, 6.45) is 6.41. The zero-order valence-corrected chi connectivity index (χ0v) is 17.3. The molecule has 1 unspecified atom stereocenters. The number of nitrogens with one attached hydrogen (secondary N) is 3. The van der Waals surface area contributed by atoms with E-state index in [1.807, 2.05) is 0 Å². The Hall–Kier alpha value is -1.25. The van der Waals surface area contributed by atoms with Crippen molar-refractivity contribution in [2.45, 2.75) is 39.5 Å². The number of amides is 1. The molecule has 1 rings (SSSR count). The van der Waals surface area contributed by atoms with Gasteiger partial charge in [-0.1, -0.05) is 33.1 Å². The van der Waals surface area contributed by atoms with E-state index < -0.39 is 0 Å².